The standard InChI is InChI=1S/C16H21N5O3S/c17-10-12-4-5-14(15(9-12)21(23)24)19-6-2-1-3-13(18)16(22)20-7-8-25-11-20/h4-5,9,13,19H,1-3,6-8,11,18H2/t13-/m0/s1. The van der Waals surface area contributed by atoms with Crippen LogP contribution in [0.5, 0.6) is 0 Å². The second-order valence-corrected chi connectivity index (χ2v) is 6.84. The second kappa shape index (κ2) is 9.25. The molecule has 8 nitrogen and oxygen atoms in total. The van der Waals surface area contributed by atoms with Crippen LogP contribution in [0.2, 0.25) is 0 Å². The van der Waals surface area contributed by atoms with Crippen LogP contribution in [0.15, 0.2) is 18.2 Å². The Kier molecular flexibility index (Phi) is 7.03. The van der Waals surface area contributed by atoms with Gasteiger partial charge < -0.3 is 16.0 Å². The van der Waals surface area contributed by atoms with Crippen LogP contribution in [0.1, 0.15) is 24.8 Å². The first-order valence-corrected chi connectivity index (χ1v) is 9.23. The summed E-state index contributed by atoms with van der Waals surface area (Å²) in [6.45, 7) is 1.30. The van der Waals surface area contributed by atoms with Crippen molar-refractivity contribution >= 4 is 29.0 Å². The summed E-state index contributed by atoms with van der Waals surface area (Å²) >= 11 is 1.73. The SMILES string of the molecule is N#Cc1ccc(NCCCC[C@H](N)C(=O)N2CCSC2)c([N+](=O)[O-])c1. The minimum absolute atomic E-state index is 0.000638. The lowest BCUT2D eigenvalue weighted by atomic mass is 10.1. The second-order valence-electron chi connectivity index (χ2n) is 5.77. The number of hydrogen-bond acceptors (Lipinski definition) is 7. The van der Waals surface area contributed by atoms with E-state index in [1.54, 1.807) is 16.7 Å². The van der Waals surface area contributed by atoms with Crippen molar-refractivity contribution in [1.82, 2.24) is 4.90 Å². The van der Waals surface area contributed by atoms with E-state index < -0.39 is 11.0 Å². The van der Waals surface area contributed by atoms with Crippen LogP contribution in [0.4, 0.5) is 11.4 Å². The molecule has 0 radical (unpaired) electrons. The minimum atomic E-state index is -0.508. The van der Waals surface area contributed by atoms with Crippen molar-refractivity contribution in [3.05, 3.63) is 33.9 Å². The highest BCUT2D eigenvalue weighted by atomic mass is 32.2. The molecule has 1 atom stereocenters. The van der Waals surface area contributed by atoms with Gasteiger partial charge in [0.05, 0.1) is 28.5 Å². The van der Waals surface area contributed by atoms with E-state index in [-0.39, 0.29) is 17.2 Å². The maximum absolute atomic E-state index is 12.1. The van der Waals surface area contributed by atoms with E-state index in [0.29, 0.717) is 18.7 Å². The molecule has 0 spiro atoms. The summed E-state index contributed by atoms with van der Waals surface area (Å²) in [5.41, 5.74) is 6.47. The monoisotopic (exact) mass is 363 g/mol. The number of nitriles is 1. The number of nitrogens with one attached hydrogen (secondary N) is 1. The molecule has 9 heteroatoms. The molecular formula is C16H21N5O3S. The van der Waals surface area contributed by atoms with Gasteiger partial charge in [-0.2, -0.15) is 5.26 Å². The van der Waals surface area contributed by atoms with E-state index >= 15 is 0 Å². The van der Waals surface area contributed by atoms with Crippen molar-refractivity contribution in [3.63, 3.8) is 0 Å². The zero-order chi connectivity index (χ0) is 18.2. The van der Waals surface area contributed by atoms with E-state index in [4.69, 9.17) is 11.0 Å². The third-order valence-corrected chi connectivity index (χ3v) is 4.93. The normalized spacial score (nSPS) is 14.8. The topological polar surface area (TPSA) is 125 Å². The summed E-state index contributed by atoms with van der Waals surface area (Å²) in [6, 6.07) is 5.74. The summed E-state index contributed by atoms with van der Waals surface area (Å²) in [4.78, 5) is 24.4. The summed E-state index contributed by atoms with van der Waals surface area (Å²) in [5.74, 6) is 1.68. The Labute approximate surface area is 150 Å². The van der Waals surface area contributed by atoms with Gasteiger partial charge in [-0.3, -0.25) is 14.9 Å². The third-order valence-electron chi connectivity index (χ3n) is 3.96. The Morgan fingerprint density at radius 1 is 1.52 bits per heavy atom. The van der Waals surface area contributed by atoms with Gasteiger partial charge in [0, 0.05) is 24.9 Å². The van der Waals surface area contributed by atoms with E-state index in [9.17, 15) is 14.9 Å². The van der Waals surface area contributed by atoms with Gasteiger partial charge in [0.15, 0.2) is 0 Å². The maximum atomic E-state index is 12.1. The average Bonchev–Trinajstić information content (AvgIpc) is 3.15. The van der Waals surface area contributed by atoms with Crippen molar-refractivity contribution in [2.24, 2.45) is 5.73 Å². The molecule has 0 saturated carbocycles. The Balaban J connectivity index is 1.75. The predicted octanol–water partition coefficient (Wildman–Crippen LogP) is 1.91. The van der Waals surface area contributed by atoms with Crippen molar-refractivity contribution in [2.75, 3.05) is 30.0 Å². The molecule has 0 bridgehead atoms. The first-order valence-electron chi connectivity index (χ1n) is 8.07. The van der Waals surface area contributed by atoms with Gasteiger partial charge in [0.1, 0.15) is 5.69 Å². The molecular weight excluding hydrogens is 342 g/mol. The summed E-state index contributed by atoms with van der Waals surface area (Å²) in [5, 5.41) is 22.9. The Bertz CT molecular complexity index is 670. The fraction of sp³-hybridized carbons (Fsp3) is 0.500. The molecule has 0 aromatic heterocycles. The first-order chi connectivity index (χ1) is 12.0. The number of nitro benzene ring substituents is 1. The third kappa shape index (κ3) is 5.34. The van der Waals surface area contributed by atoms with Crippen molar-refractivity contribution < 1.29 is 9.72 Å². The molecule has 134 valence electrons. The van der Waals surface area contributed by atoms with Crippen LogP contribution in [-0.2, 0) is 4.79 Å². The van der Waals surface area contributed by atoms with E-state index in [2.05, 4.69) is 5.32 Å². The highest BCUT2D eigenvalue weighted by Crippen LogP contribution is 2.25. The molecule has 1 fully saturated rings. The fourth-order valence-electron chi connectivity index (χ4n) is 2.56. The Morgan fingerprint density at radius 2 is 2.32 bits per heavy atom. The number of hydrogen-bond donors (Lipinski definition) is 2. The van der Waals surface area contributed by atoms with Crippen LogP contribution >= 0.6 is 11.8 Å². The number of benzene rings is 1. The lowest BCUT2D eigenvalue weighted by Crippen LogP contribution is -2.42. The molecule has 2 rings (SSSR count). The number of nitrogens with zero attached hydrogens (tertiary/aromatic N) is 3. The summed E-state index contributed by atoms with van der Waals surface area (Å²) in [7, 11) is 0. The molecule has 25 heavy (non-hydrogen) atoms. The largest absolute Gasteiger partial charge is 0.379 e. The van der Waals surface area contributed by atoms with Crippen LogP contribution in [0.25, 0.3) is 0 Å². The predicted molar refractivity (Wildman–Crippen MR) is 97.2 cm³/mol. The molecule has 1 aromatic carbocycles. The van der Waals surface area contributed by atoms with Crippen molar-refractivity contribution in [1.29, 1.82) is 5.26 Å². The number of carbonyl (C=O) groups is 1. The number of nitro groups is 1. The van der Waals surface area contributed by atoms with Gasteiger partial charge in [0.2, 0.25) is 5.91 Å². The van der Waals surface area contributed by atoms with Gasteiger partial charge in [-0.1, -0.05) is 0 Å². The number of thioether (sulfide) groups is 1. The first kappa shape index (κ1) is 19.0. The molecule has 1 saturated heterocycles. The van der Waals surface area contributed by atoms with Crippen LogP contribution in [-0.4, -0.2) is 46.5 Å². The Morgan fingerprint density at radius 3 is 2.96 bits per heavy atom. The molecule has 1 aromatic rings. The molecule has 1 aliphatic heterocycles. The van der Waals surface area contributed by atoms with Gasteiger partial charge >= 0.3 is 0 Å². The minimum Gasteiger partial charge on any atom is -0.379 e. The number of unbranched alkanes of at least 4 members (excludes halogenated alkanes) is 1. The van der Waals surface area contributed by atoms with Gasteiger partial charge in [0.25, 0.3) is 5.69 Å². The number of amides is 1. The highest BCUT2D eigenvalue weighted by Gasteiger charge is 2.23. The number of nitrogens with two attached hydrogens (primary N) is 1. The fourth-order valence-corrected chi connectivity index (χ4v) is 3.52. The molecule has 3 N–H and O–H groups in total. The zero-order valence-corrected chi connectivity index (χ0v) is 14.6. The summed E-state index contributed by atoms with van der Waals surface area (Å²) < 4.78 is 0. The van der Waals surface area contributed by atoms with Gasteiger partial charge in [-0.25, -0.2) is 0 Å². The van der Waals surface area contributed by atoms with Crippen LogP contribution < -0.4 is 11.1 Å². The number of carbonyl (C=O) groups excluding carboxylic acids is 1. The molecule has 0 aliphatic carbocycles. The number of anilines is 1. The lowest BCUT2D eigenvalue weighted by molar-refractivity contribution is -0.384. The lowest BCUT2D eigenvalue weighted by Gasteiger charge is -2.19. The van der Waals surface area contributed by atoms with E-state index in [1.165, 1.54) is 18.2 Å². The average molecular weight is 363 g/mol. The molecule has 1 aliphatic rings. The molecule has 1 amide bonds. The smallest absolute Gasteiger partial charge is 0.293 e. The summed E-state index contributed by atoms with van der Waals surface area (Å²) in [6.07, 6.45) is 2.09. The molecule has 1 heterocycles. The number of rotatable bonds is 8. The van der Waals surface area contributed by atoms with E-state index in [1.807, 2.05) is 6.07 Å². The van der Waals surface area contributed by atoms with E-state index in [0.717, 1.165) is 31.0 Å². The van der Waals surface area contributed by atoms with Crippen molar-refractivity contribution in [3.8, 4) is 6.07 Å². The zero-order valence-electron chi connectivity index (χ0n) is 13.8. The van der Waals surface area contributed by atoms with Crippen LogP contribution in [0.3, 0.4) is 0 Å². The maximum Gasteiger partial charge on any atom is 0.293 e. The molecule has 0 unspecified atom stereocenters. The quantitative estimate of drug-likeness (QED) is 0.410. The van der Waals surface area contributed by atoms with Gasteiger partial charge in [-0.05, 0) is 31.4 Å². The van der Waals surface area contributed by atoms with Crippen molar-refractivity contribution in [2.45, 2.75) is 25.3 Å². The highest BCUT2D eigenvalue weighted by molar-refractivity contribution is 7.99. The van der Waals surface area contributed by atoms with Crippen LogP contribution in [0, 0.1) is 21.4 Å². The van der Waals surface area contributed by atoms with Gasteiger partial charge in [-0.15, -0.1) is 11.8 Å². The Hall–Kier alpha value is -2.31.